The Morgan fingerprint density at radius 3 is 2.48 bits per heavy atom. The first-order valence-corrected chi connectivity index (χ1v) is 8.48. The minimum absolute atomic E-state index is 0.561. The highest BCUT2D eigenvalue weighted by atomic mass is 15.2. The van der Waals surface area contributed by atoms with Crippen LogP contribution in [-0.2, 0) is 6.42 Å². The third kappa shape index (κ3) is 3.65. The zero-order valence-corrected chi connectivity index (χ0v) is 13.3. The van der Waals surface area contributed by atoms with Crippen molar-refractivity contribution in [1.29, 1.82) is 0 Å². The smallest absolute Gasteiger partial charge is 0.0348 e. The van der Waals surface area contributed by atoms with Crippen molar-refractivity contribution in [2.45, 2.75) is 31.7 Å². The van der Waals surface area contributed by atoms with Crippen LogP contribution in [0, 0.1) is 5.92 Å². The Morgan fingerprint density at radius 1 is 1.14 bits per heavy atom. The Bertz CT molecular complexity index is 436. The molecule has 0 aliphatic carbocycles. The van der Waals surface area contributed by atoms with Crippen LogP contribution in [0.25, 0.3) is 0 Å². The molecule has 0 bridgehead atoms. The average Bonchev–Trinajstić information content (AvgIpc) is 3.15. The Morgan fingerprint density at radius 2 is 1.86 bits per heavy atom. The normalized spacial score (nSPS) is 27.5. The summed E-state index contributed by atoms with van der Waals surface area (Å²) in [6.45, 7) is 5.77. The van der Waals surface area contributed by atoms with Crippen LogP contribution in [0.5, 0.6) is 0 Å². The molecule has 3 heteroatoms. The molecule has 2 unspecified atom stereocenters. The molecule has 2 fully saturated rings. The Balaban J connectivity index is 1.56. The number of rotatable bonds is 5. The fourth-order valence-corrected chi connectivity index (χ4v) is 3.87. The van der Waals surface area contributed by atoms with Gasteiger partial charge in [0, 0.05) is 19.1 Å². The number of likely N-dealkylation sites (tertiary alicyclic amines) is 2. The van der Waals surface area contributed by atoms with Gasteiger partial charge < -0.3 is 10.6 Å². The predicted molar refractivity (Wildman–Crippen MR) is 88.4 cm³/mol. The molecule has 21 heavy (non-hydrogen) atoms. The van der Waals surface area contributed by atoms with Crippen LogP contribution in [0.2, 0.25) is 0 Å². The van der Waals surface area contributed by atoms with Crippen LogP contribution in [0.1, 0.15) is 36.4 Å². The summed E-state index contributed by atoms with van der Waals surface area (Å²) >= 11 is 0. The summed E-state index contributed by atoms with van der Waals surface area (Å²) in [5.41, 5.74) is 8.76. The van der Waals surface area contributed by atoms with E-state index in [9.17, 15) is 0 Å². The molecular formula is C18H29N3. The number of nitrogens with two attached hydrogens (primary N) is 1. The molecule has 0 saturated carbocycles. The van der Waals surface area contributed by atoms with Crippen LogP contribution >= 0.6 is 0 Å². The molecular weight excluding hydrogens is 258 g/mol. The average molecular weight is 287 g/mol. The van der Waals surface area contributed by atoms with Crippen molar-refractivity contribution in [2.24, 2.45) is 11.7 Å². The molecule has 1 aromatic rings. The highest BCUT2D eigenvalue weighted by Gasteiger charge is 2.29. The van der Waals surface area contributed by atoms with Crippen molar-refractivity contribution in [1.82, 2.24) is 9.80 Å². The summed E-state index contributed by atoms with van der Waals surface area (Å²) < 4.78 is 0. The van der Waals surface area contributed by atoms with Crippen LogP contribution in [0.4, 0.5) is 0 Å². The number of nitrogens with zero attached hydrogens (tertiary/aromatic N) is 2. The molecule has 1 aromatic carbocycles. The van der Waals surface area contributed by atoms with Gasteiger partial charge in [0.15, 0.2) is 0 Å². The second-order valence-corrected chi connectivity index (χ2v) is 6.83. The highest BCUT2D eigenvalue weighted by Crippen LogP contribution is 2.33. The summed E-state index contributed by atoms with van der Waals surface area (Å²) in [5.74, 6) is 0.662. The Kier molecular flexibility index (Phi) is 4.94. The van der Waals surface area contributed by atoms with Crippen LogP contribution in [0.3, 0.4) is 0 Å². The fourth-order valence-electron chi connectivity index (χ4n) is 3.87. The summed E-state index contributed by atoms with van der Waals surface area (Å²) in [6, 6.07) is 9.88. The third-order valence-electron chi connectivity index (χ3n) is 5.25. The minimum atomic E-state index is 0.561. The van der Waals surface area contributed by atoms with Gasteiger partial charge in [-0.05, 0) is 69.4 Å². The van der Waals surface area contributed by atoms with E-state index in [1.165, 1.54) is 56.4 Å². The van der Waals surface area contributed by atoms with Crippen LogP contribution < -0.4 is 5.73 Å². The fraction of sp³-hybridized carbons (Fsp3) is 0.667. The third-order valence-corrected chi connectivity index (χ3v) is 5.25. The second-order valence-electron chi connectivity index (χ2n) is 6.83. The number of hydrogen-bond acceptors (Lipinski definition) is 3. The summed E-state index contributed by atoms with van der Waals surface area (Å²) in [4.78, 5) is 5.04. The molecule has 2 heterocycles. The molecule has 0 radical (unpaired) electrons. The molecule has 116 valence electrons. The van der Waals surface area contributed by atoms with Crippen molar-refractivity contribution in [3.05, 3.63) is 35.4 Å². The van der Waals surface area contributed by atoms with Crippen molar-refractivity contribution in [2.75, 3.05) is 39.8 Å². The van der Waals surface area contributed by atoms with Crippen LogP contribution in [-0.4, -0.2) is 49.6 Å². The molecule has 2 saturated heterocycles. The lowest BCUT2D eigenvalue weighted by Crippen LogP contribution is -2.22. The molecule has 2 atom stereocenters. The van der Waals surface area contributed by atoms with Gasteiger partial charge >= 0.3 is 0 Å². The predicted octanol–water partition coefficient (Wildman–Crippen LogP) is 2.28. The Hall–Kier alpha value is -0.900. The molecule has 2 aliphatic heterocycles. The van der Waals surface area contributed by atoms with E-state index in [4.69, 9.17) is 5.73 Å². The lowest BCUT2D eigenvalue weighted by atomic mass is 9.98. The molecule has 3 rings (SSSR count). The first-order chi connectivity index (χ1) is 10.3. The van der Waals surface area contributed by atoms with Gasteiger partial charge in [0.2, 0.25) is 0 Å². The molecule has 0 aromatic heterocycles. The second kappa shape index (κ2) is 6.91. The zero-order valence-electron chi connectivity index (χ0n) is 13.3. The number of hydrogen-bond donors (Lipinski definition) is 1. The van der Waals surface area contributed by atoms with Gasteiger partial charge in [-0.25, -0.2) is 0 Å². The summed E-state index contributed by atoms with van der Waals surface area (Å²) in [5, 5.41) is 0. The van der Waals surface area contributed by atoms with Crippen molar-refractivity contribution < 1.29 is 0 Å². The van der Waals surface area contributed by atoms with E-state index in [0.29, 0.717) is 12.0 Å². The largest absolute Gasteiger partial charge is 0.330 e. The maximum atomic E-state index is 5.83. The van der Waals surface area contributed by atoms with Gasteiger partial charge in [0.1, 0.15) is 0 Å². The maximum absolute atomic E-state index is 5.83. The van der Waals surface area contributed by atoms with Gasteiger partial charge in [0.25, 0.3) is 0 Å². The van der Waals surface area contributed by atoms with Gasteiger partial charge in [-0.1, -0.05) is 24.3 Å². The molecule has 2 N–H and O–H groups in total. The van der Waals surface area contributed by atoms with Gasteiger partial charge in [-0.15, -0.1) is 0 Å². The van der Waals surface area contributed by atoms with E-state index in [1.807, 2.05) is 0 Å². The molecule has 0 spiro atoms. The maximum Gasteiger partial charge on any atom is 0.0348 e. The topological polar surface area (TPSA) is 32.5 Å². The molecule has 0 amide bonds. The van der Waals surface area contributed by atoms with Gasteiger partial charge in [-0.3, -0.25) is 4.90 Å². The van der Waals surface area contributed by atoms with Gasteiger partial charge in [-0.2, -0.15) is 0 Å². The van der Waals surface area contributed by atoms with Crippen molar-refractivity contribution in [3.63, 3.8) is 0 Å². The highest BCUT2D eigenvalue weighted by molar-refractivity contribution is 5.26. The van der Waals surface area contributed by atoms with Gasteiger partial charge in [0.05, 0.1) is 0 Å². The Labute approximate surface area is 129 Å². The SMILES string of the molecule is CN1CC(CN)CC1c1ccc(CCN2CCCC2)cc1. The molecule has 2 aliphatic rings. The standard InChI is InChI=1S/C18H29N3/c1-20-14-16(13-19)12-18(20)17-6-4-15(5-7-17)8-11-21-9-2-3-10-21/h4-7,16,18H,2-3,8-14,19H2,1H3. The lowest BCUT2D eigenvalue weighted by Gasteiger charge is -2.20. The van der Waals surface area contributed by atoms with Crippen molar-refractivity contribution in [3.8, 4) is 0 Å². The number of benzene rings is 1. The summed E-state index contributed by atoms with van der Waals surface area (Å²) in [7, 11) is 2.22. The zero-order chi connectivity index (χ0) is 14.7. The van der Waals surface area contributed by atoms with E-state index >= 15 is 0 Å². The van der Waals surface area contributed by atoms with E-state index in [1.54, 1.807) is 0 Å². The van der Waals surface area contributed by atoms with E-state index in [2.05, 4.69) is 41.1 Å². The van der Waals surface area contributed by atoms with E-state index in [0.717, 1.165) is 13.1 Å². The monoisotopic (exact) mass is 287 g/mol. The summed E-state index contributed by atoms with van der Waals surface area (Å²) in [6.07, 6.45) is 5.16. The van der Waals surface area contributed by atoms with E-state index < -0.39 is 0 Å². The first kappa shape index (κ1) is 15.0. The quantitative estimate of drug-likeness (QED) is 0.902. The van der Waals surface area contributed by atoms with Crippen molar-refractivity contribution >= 4 is 0 Å². The first-order valence-electron chi connectivity index (χ1n) is 8.48. The van der Waals surface area contributed by atoms with E-state index in [-0.39, 0.29) is 0 Å². The minimum Gasteiger partial charge on any atom is -0.330 e. The lowest BCUT2D eigenvalue weighted by molar-refractivity contribution is 0.313. The van der Waals surface area contributed by atoms with Crippen LogP contribution in [0.15, 0.2) is 24.3 Å². The molecule has 3 nitrogen and oxygen atoms in total.